The van der Waals surface area contributed by atoms with Gasteiger partial charge in [0, 0.05) is 64.6 Å². The predicted octanol–water partition coefficient (Wildman–Crippen LogP) is 39.8. The quantitative estimate of drug-likeness (QED) is 0.102. The molecule has 0 N–H and O–H groups in total. The minimum atomic E-state index is -0.521. The van der Waals surface area contributed by atoms with Gasteiger partial charge >= 0.3 is 0 Å². The lowest BCUT2D eigenvalue weighted by Crippen LogP contribution is -1.93. The number of benzene rings is 11. The molecule has 13 heteroatoms. The van der Waals surface area contributed by atoms with Crippen molar-refractivity contribution >= 4 is 34.8 Å². The zero-order valence-electron chi connectivity index (χ0n) is 88.4. The van der Waals surface area contributed by atoms with Crippen LogP contribution in [0.2, 0.25) is 15.1 Å². The van der Waals surface area contributed by atoms with Crippen molar-refractivity contribution in [2.45, 2.75) is 297 Å². The van der Waals surface area contributed by atoms with E-state index in [9.17, 15) is 22.0 Å². The largest absolute Gasteiger partial charge is 0.276 e. The number of aromatic nitrogens is 5. The second kappa shape index (κ2) is 70.1. The van der Waals surface area contributed by atoms with Crippen LogP contribution in [0.5, 0.6) is 0 Å². The Bertz CT molecular complexity index is 4960. The van der Waals surface area contributed by atoms with E-state index in [0.717, 1.165) is 49.5 Å². The topological polar surface area (TPSA) is 56.5 Å². The van der Waals surface area contributed by atoms with Gasteiger partial charge in [0.1, 0.15) is 34.9 Å². The molecule has 0 amide bonds. The third-order valence-electron chi connectivity index (χ3n) is 21.2. The van der Waals surface area contributed by atoms with E-state index in [4.69, 9.17) is 34.8 Å². The molecule has 0 spiro atoms. The molecule has 14 aromatic rings. The minimum Gasteiger partial charge on any atom is -0.276 e. The van der Waals surface area contributed by atoms with Crippen LogP contribution in [0.4, 0.5) is 22.0 Å². The second-order valence-electron chi connectivity index (χ2n) is 38.0. The first-order valence-corrected chi connectivity index (χ1v) is 49.6. The molecule has 0 unspecified atom stereocenters. The molecule has 5 nitrogen and oxygen atoms in total. The van der Waals surface area contributed by atoms with E-state index < -0.39 is 11.6 Å². The lowest BCUT2D eigenvalue weighted by atomic mass is 9.99. The van der Waals surface area contributed by atoms with Gasteiger partial charge < -0.3 is 0 Å². The fourth-order valence-corrected chi connectivity index (χ4v) is 13.1. The summed E-state index contributed by atoms with van der Waals surface area (Å²) < 4.78 is 64.8. The third kappa shape index (κ3) is 56.1. The molecular weight excluding hydrogens is 1760 g/mol. The predicted molar refractivity (Wildman–Crippen MR) is 587 cm³/mol. The average molecular weight is 1930 g/mol. The van der Waals surface area contributed by atoms with Crippen molar-refractivity contribution in [3.05, 3.63) is 461 Å². The second-order valence-corrected chi connectivity index (χ2v) is 39.2. The first-order chi connectivity index (χ1) is 64.6. The number of pyridine rings is 1. The molecule has 0 aliphatic heterocycles. The summed E-state index contributed by atoms with van der Waals surface area (Å²) in [5.74, 6) is 6.65. The van der Waals surface area contributed by atoms with Crippen LogP contribution in [0.15, 0.2) is 322 Å². The molecule has 0 fully saturated rings. The van der Waals surface area contributed by atoms with Crippen molar-refractivity contribution in [3.8, 4) is 0 Å². The molecule has 3 heterocycles. The van der Waals surface area contributed by atoms with Crippen molar-refractivity contribution in [2.24, 2.45) is 7.05 Å². The number of aryl methyl sites for hydroxylation is 4. The Labute approximate surface area is 841 Å². The Balaban J connectivity index is 0.000000738. The molecule has 0 atom stereocenters. The van der Waals surface area contributed by atoms with E-state index in [-0.39, 0.29) is 29.3 Å². The summed E-state index contributed by atoms with van der Waals surface area (Å²) in [5.41, 5.74) is 19.6. The smallest absolute Gasteiger partial charge is 0.130 e. The first kappa shape index (κ1) is 124. The summed E-state index contributed by atoms with van der Waals surface area (Å²) >= 11 is 17.4. The van der Waals surface area contributed by atoms with Crippen molar-refractivity contribution in [3.63, 3.8) is 0 Å². The highest BCUT2D eigenvalue weighted by atomic mass is 35.5. The van der Waals surface area contributed by atoms with Crippen LogP contribution < -0.4 is 0 Å². The van der Waals surface area contributed by atoms with Crippen LogP contribution in [0.25, 0.3) is 0 Å². The molecule has 0 saturated carbocycles. The number of halogens is 8. The van der Waals surface area contributed by atoms with E-state index in [1.54, 1.807) is 30.6 Å². The Morgan fingerprint density at radius 1 is 0.234 bits per heavy atom. The highest BCUT2D eigenvalue weighted by molar-refractivity contribution is 6.31. The zero-order chi connectivity index (χ0) is 103. The Hall–Kier alpha value is -10.6. The van der Waals surface area contributed by atoms with Gasteiger partial charge in [-0.25, -0.2) is 31.9 Å². The number of hydrogen-bond acceptors (Lipinski definition) is 4. The Morgan fingerprint density at radius 3 is 0.949 bits per heavy atom. The zero-order valence-corrected chi connectivity index (χ0v) is 90.7. The van der Waals surface area contributed by atoms with Crippen molar-refractivity contribution in [1.82, 2.24) is 24.7 Å². The summed E-state index contributed by atoms with van der Waals surface area (Å²) in [6.07, 6.45) is 7.33. The molecule has 0 bridgehead atoms. The van der Waals surface area contributed by atoms with Gasteiger partial charge in [0.25, 0.3) is 0 Å². The fraction of sp³-hybridized carbons (Fsp3) is 0.371. The summed E-state index contributed by atoms with van der Waals surface area (Å²) in [6.45, 7) is 65.8. The van der Waals surface area contributed by atoms with Crippen LogP contribution >= 0.6 is 34.8 Å². The van der Waals surface area contributed by atoms with Crippen molar-refractivity contribution in [2.75, 3.05) is 0 Å². The summed E-state index contributed by atoms with van der Waals surface area (Å²) in [6, 6.07) is 94.1. The van der Waals surface area contributed by atoms with E-state index in [0.29, 0.717) is 76.6 Å². The summed E-state index contributed by atoms with van der Waals surface area (Å²) in [4.78, 5) is 12.3. The van der Waals surface area contributed by atoms with Crippen LogP contribution in [0.1, 0.15) is 372 Å². The van der Waals surface area contributed by atoms with Crippen LogP contribution in [0, 0.1) is 49.9 Å². The SMILES string of the molecule is CC(C)c1ccc(Cl)cc1.CC(C)c1ccc(F)cc1.CC(C)c1ccc(F)cc1F.CC(C)c1cccc(Cl)c1.CC(C)c1cccc(F)c1.CC(C)c1ccccc1.CC(C)c1ccccc1Cl.CC(C)c1ccccc1F.CC(C)c1ccccn1.CC(C)c1ccn(C)n1.CC(C)c1ncccn1.Cc1ccc(C(C)C)cc1.Cc1cccc(C(C)C)c1.Cc1ccccc1C(C)C. The highest BCUT2D eigenvalue weighted by Crippen LogP contribution is 2.27. The maximum Gasteiger partial charge on any atom is 0.130 e. The highest BCUT2D eigenvalue weighted by Gasteiger charge is 2.10. The van der Waals surface area contributed by atoms with Crippen molar-refractivity contribution in [1.29, 1.82) is 0 Å². The van der Waals surface area contributed by atoms with Gasteiger partial charge in [-0.2, -0.15) is 5.10 Å². The Kier molecular flexibility index (Phi) is 63.6. The van der Waals surface area contributed by atoms with Gasteiger partial charge in [0.15, 0.2) is 0 Å². The van der Waals surface area contributed by atoms with E-state index >= 15 is 0 Å². The summed E-state index contributed by atoms with van der Waals surface area (Å²) in [5, 5.41) is 6.73. The molecule has 11 aromatic carbocycles. The standard InChI is InChI=1S/3C10H14.3C9H11Cl.C9H10F2.3C9H11F.C9H12.C8H11N.C7H12N2.C7H10N2/c1-8(2)10-6-4-9(3)5-7-10;1-8(2)10-6-4-5-9(3)7-10;1-8(2)10-7-5-4-6-9(10)3;1-7(2)8-3-5-9(10)6-4-8;1-7(2)8-4-3-5-9(10)6-8;1-7(2)8-5-3-4-6-9(8)10;1-6(2)8-4-3-7(10)5-9(8)11;1-7(2)8-3-5-9(10)6-4-8;1-7(2)8-4-3-5-9(10)6-8;1-7(2)8-5-3-4-6-9(8)10;1-8(2)9-6-4-3-5-7-9;1-7(2)8-5-3-4-6-9-8;1-6(2)7-4-5-9(3)8-7;1-6(2)7-8-4-3-5-9-7/h3*4-8H,1-3H3;3*3-7H,1-2H3;3-6H,1-2H3;3*3-7H,1-2H3;3-8H,1-2H3;3-7H,1-2H3;4-6H,1-3H3;3-6H,1-2H3. The van der Waals surface area contributed by atoms with Gasteiger partial charge in [0.05, 0.1) is 5.69 Å². The number of hydrogen-bond donors (Lipinski definition) is 0. The molecule has 0 saturated heterocycles. The van der Waals surface area contributed by atoms with Gasteiger partial charge in [-0.1, -0.05) is 440 Å². The monoisotopic (exact) mass is 1920 g/mol. The molecule has 0 aliphatic carbocycles. The van der Waals surface area contributed by atoms with E-state index in [1.165, 1.54) is 97.6 Å². The minimum absolute atomic E-state index is 0.0995. The molecule has 0 radical (unpaired) electrons. The molecular formula is C124H163Cl3F5N5. The lowest BCUT2D eigenvalue weighted by Gasteiger charge is -2.07. The van der Waals surface area contributed by atoms with Gasteiger partial charge in [-0.05, 0) is 255 Å². The number of rotatable bonds is 14. The van der Waals surface area contributed by atoms with Crippen molar-refractivity contribution < 1.29 is 22.0 Å². The van der Waals surface area contributed by atoms with Gasteiger partial charge in [0.2, 0.25) is 0 Å². The first-order valence-electron chi connectivity index (χ1n) is 48.4. The number of nitrogens with zero attached hydrogens (tertiary/aromatic N) is 5. The third-order valence-corrected chi connectivity index (χ3v) is 22.0. The van der Waals surface area contributed by atoms with Gasteiger partial charge in [-0.3, -0.25) is 9.67 Å². The normalized spacial score (nSPS) is 10.4. The molecule has 0 aliphatic rings. The maximum atomic E-state index is 12.9. The van der Waals surface area contributed by atoms with Gasteiger partial charge in [-0.15, -0.1) is 0 Å². The van der Waals surface area contributed by atoms with Crippen LogP contribution in [0.3, 0.4) is 0 Å². The van der Waals surface area contributed by atoms with Crippen LogP contribution in [-0.2, 0) is 7.05 Å². The summed E-state index contributed by atoms with van der Waals surface area (Å²) in [7, 11) is 1.94. The molecule has 14 rings (SSSR count). The Morgan fingerprint density at radius 2 is 0.613 bits per heavy atom. The molecule has 3 aromatic heterocycles. The van der Waals surface area contributed by atoms with E-state index in [1.807, 2.05) is 167 Å². The van der Waals surface area contributed by atoms with E-state index in [2.05, 4.69) is 328 Å². The van der Waals surface area contributed by atoms with Crippen LogP contribution in [-0.4, -0.2) is 24.7 Å². The maximum absolute atomic E-state index is 12.9. The lowest BCUT2D eigenvalue weighted by molar-refractivity contribution is 0.565. The fourth-order valence-electron chi connectivity index (χ4n) is 12.4. The molecule has 740 valence electrons. The molecule has 137 heavy (non-hydrogen) atoms. The average Bonchev–Trinajstić information content (AvgIpc) is 1.38.